The lowest BCUT2D eigenvalue weighted by molar-refractivity contribution is -0.870. The first kappa shape index (κ1) is 37.5. The van der Waals surface area contributed by atoms with Gasteiger partial charge < -0.3 is 18.9 Å². The van der Waals surface area contributed by atoms with Crippen molar-refractivity contribution in [2.75, 3.05) is 61.2 Å². The molecule has 38 heavy (non-hydrogen) atoms. The van der Waals surface area contributed by atoms with Crippen molar-refractivity contribution >= 4 is 7.82 Å². The number of unbranched alkanes of at least 4 members (excludes halogenated alkanes) is 12. The number of hydrogen-bond donors (Lipinski definition) is 1. The Bertz CT molecular complexity index is 620. The van der Waals surface area contributed by atoms with Gasteiger partial charge in [0.1, 0.15) is 19.3 Å². The predicted molar refractivity (Wildman–Crippen MR) is 159 cm³/mol. The van der Waals surface area contributed by atoms with E-state index in [0.29, 0.717) is 24.2 Å². The summed E-state index contributed by atoms with van der Waals surface area (Å²) in [5.41, 5.74) is 0. The number of quaternary nitrogens is 1. The fourth-order valence-electron chi connectivity index (χ4n) is 3.73. The van der Waals surface area contributed by atoms with Crippen molar-refractivity contribution in [3.63, 3.8) is 0 Å². The van der Waals surface area contributed by atoms with E-state index in [-0.39, 0.29) is 13.2 Å². The molecule has 0 amide bonds. The number of nitrogens with zero attached hydrogens (tertiary/aromatic N) is 1. The molecule has 1 N–H and O–H groups in total. The first-order valence-electron chi connectivity index (χ1n) is 15.0. The van der Waals surface area contributed by atoms with Crippen molar-refractivity contribution < 1.29 is 32.5 Å². The van der Waals surface area contributed by atoms with Gasteiger partial charge in [-0.15, -0.1) is 0 Å². The van der Waals surface area contributed by atoms with Crippen LogP contribution in [0.4, 0.5) is 0 Å². The predicted octanol–water partition coefficient (Wildman–Crippen LogP) is 7.84. The Morgan fingerprint density at radius 1 is 0.711 bits per heavy atom. The Hall–Kier alpha value is -0.530. The largest absolute Gasteiger partial charge is 0.472 e. The SMILES string of the molecule is CCCCC/C=C\CCCC/C=C\CCCCCCCCOC[C@H](COP(=O)(O)OCC[N+](C)(C)C)OC. The van der Waals surface area contributed by atoms with Crippen molar-refractivity contribution in [2.24, 2.45) is 0 Å². The van der Waals surface area contributed by atoms with E-state index < -0.39 is 13.9 Å². The summed E-state index contributed by atoms with van der Waals surface area (Å²) < 4.78 is 33.7. The molecule has 0 aromatic rings. The van der Waals surface area contributed by atoms with E-state index in [2.05, 4.69) is 31.2 Å². The Morgan fingerprint density at radius 2 is 1.21 bits per heavy atom. The summed E-state index contributed by atoms with van der Waals surface area (Å²) in [4.78, 5) is 9.80. The van der Waals surface area contributed by atoms with Crippen LogP contribution in [0.3, 0.4) is 0 Å². The van der Waals surface area contributed by atoms with Gasteiger partial charge in [-0.1, -0.05) is 69.8 Å². The summed E-state index contributed by atoms with van der Waals surface area (Å²) in [6.45, 7) is 3.97. The van der Waals surface area contributed by atoms with Crippen molar-refractivity contribution in [3.8, 4) is 0 Å². The smallest absolute Gasteiger partial charge is 0.379 e. The first-order valence-corrected chi connectivity index (χ1v) is 16.5. The van der Waals surface area contributed by atoms with E-state index in [1.807, 2.05) is 21.1 Å². The summed E-state index contributed by atoms with van der Waals surface area (Å²) in [7, 11) is 3.43. The molecule has 0 saturated heterocycles. The maximum Gasteiger partial charge on any atom is 0.472 e. The van der Waals surface area contributed by atoms with Crippen LogP contribution in [0.2, 0.25) is 0 Å². The molecule has 7 nitrogen and oxygen atoms in total. The van der Waals surface area contributed by atoms with Crippen LogP contribution in [0.5, 0.6) is 0 Å². The highest BCUT2D eigenvalue weighted by Crippen LogP contribution is 2.43. The summed E-state index contributed by atoms with van der Waals surface area (Å²) in [5.74, 6) is 0. The zero-order chi connectivity index (χ0) is 28.4. The maximum absolute atomic E-state index is 12.0. The Kier molecular flexibility index (Phi) is 25.1. The van der Waals surface area contributed by atoms with Crippen LogP contribution in [0, 0.1) is 0 Å². The van der Waals surface area contributed by atoms with Crippen molar-refractivity contribution in [2.45, 2.75) is 109 Å². The highest BCUT2D eigenvalue weighted by Gasteiger charge is 2.24. The molecule has 0 aromatic heterocycles. The Balaban J connectivity index is 3.53. The van der Waals surface area contributed by atoms with E-state index in [1.54, 1.807) is 7.11 Å². The third-order valence-electron chi connectivity index (χ3n) is 6.29. The van der Waals surface area contributed by atoms with Gasteiger partial charge >= 0.3 is 7.82 Å². The molecule has 0 bridgehead atoms. The molecule has 0 rings (SSSR count). The molecule has 0 aliphatic rings. The van der Waals surface area contributed by atoms with E-state index in [0.717, 1.165) is 12.8 Å². The second kappa shape index (κ2) is 25.4. The number of phosphoric ester groups is 1. The summed E-state index contributed by atoms with van der Waals surface area (Å²) in [6.07, 6.45) is 27.7. The number of methoxy groups -OCH3 is 1. The van der Waals surface area contributed by atoms with Crippen LogP contribution in [0.25, 0.3) is 0 Å². The summed E-state index contributed by atoms with van der Waals surface area (Å²) in [6, 6.07) is 0. The molecule has 226 valence electrons. The topological polar surface area (TPSA) is 74.2 Å². The van der Waals surface area contributed by atoms with E-state index in [1.165, 1.54) is 83.5 Å². The molecule has 2 atom stereocenters. The molecule has 1 unspecified atom stereocenters. The number of rotatable bonds is 28. The second-order valence-corrected chi connectivity index (χ2v) is 12.6. The lowest BCUT2D eigenvalue weighted by Gasteiger charge is -2.24. The minimum Gasteiger partial charge on any atom is -0.379 e. The fourth-order valence-corrected chi connectivity index (χ4v) is 4.47. The molecule has 0 spiro atoms. The number of phosphoric acid groups is 1. The average Bonchev–Trinajstić information content (AvgIpc) is 2.85. The standard InChI is InChI=1S/C30H60NO6P/c1-6-7-8-9-10-11-12-13-14-15-16-17-18-19-20-21-22-23-24-26-35-28-30(34-5)29-37-38(32,33)36-27-25-31(2,3)4/h10-11,16-17,30H,6-9,12-15,18-29H2,1-5H3/p+1/b11-10-,17-16-/t30-/m1/s1. The quantitative estimate of drug-likeness (QED) is 0.0453. The van der Waals surface area contributed by atoms with E-state index in [9.17, 15) is 9.46 Å². The molecule has 0 aromatic carbocycles. The van der Waals surface area contributed by atoms with Crippen LogP contribution >= 0.6 is 7.82 Å². The van der Waals surface area contributed by atoms with Gasteiger partial charge in [-0.25, -0.2) is 4.57 Å². The maximum atomic E-state index is 12.0. The first-order chi connectivity index (χ1) is 18.2. The van der Waals surface area contributed by atoms with Crippen LogP contribution in [-0.4, -0.2) is 76.7 Å². The van der Waals surface area contributed by atoms with Crippen LogP contribution in [0.15, 0.2) is 24.3 Å². The Morgan fingerprint density at radius 3 is 1.74 bits per heavy atom. The third-order valence-corrected chi connectivity index (χ3v) is 7.27. The second-order valence-electron chi connectivity index (χ2n) is 11.2. The zero-order valence-corrected chi connectivity index (χ0v) is 26.3. The molecule has 0 radical (unpaired) electrons. The minimum atomic E-state index is -4.08. The number of hydrogen-bond acceptors (Lipinski definition) is 5. The molecule has 0 aliphatic heterocycles. The summed E-state index contributed by atoms with van der Waals surface area (Å²) in [5, 5.41) is 0. The molecule has 0 heterocycles. The Labute approximate surface area is 235 Å². The monoisotopic (exact) mass is 562 g/mol. The van der Waals surface area contributed by atoms with Gasteiger partial charge in [0.15, 0.2) is 0 Å². The van der Waals surface area contributed by atoms with Gasteiger partial charge in [-0.05, 0) is 57.8 Å². The molecule has 0 saturated carbocycles. The van der Waals surface area contributed by atoms with Gasteiger partial charge in [0.2, 0.25) is 0 Å². The lowest BCUT2D eigenvalue weighted by atomic mass is 10.1. The van der Waals surface area contributed by atoms with Crippen LogP contribution in [-0.2, 0) is 23.1 Å². The molecule has 0 aliphatic carbocycles. The van der Waals surface area contributed by atoms with Crippen molar-refractivity contribution in [3.05, 3.63) is 24.3 Å². The highest BCUT2D eigenvalue weighted by molar-refractivity contribution is 7.47. The summed E-state index contributed by atoms with van der Waals surface area (Å²) >= 11 is 0. The van der Waals surface area contributed by atoms with Crippen molar-refractivity contribution in [1.29, 1.82) is 0 Å². The number of allylic oxidation sites excluding steroid dienone is 4. The number of likely N-dealkylation sites (N-methyl/N-ethyl adjacent to an activating group) is 1. The molecule has 8 heteroatoms. The minimum absolute atomic E-state index is 0.0420. The van der Waals surface area contributed by atoms with Gasteiger partial charge in [0.05, 0.1) is 34.4 Å². The van der Waals surface area contributed by atoms with Crippen molar-refractivity contribution in [1.82, 2.24) is 0 Å². The third kappa shape index (κ3) is 28.5. The number of ether oxygens (including phenoxy) is 2. The molecular weight excluding hydrogens is 501 g/mol. The molecular formula is C30H61NO6P+. The van der Waals surface area contributed by atoms with E-state index in [4.69, 9.17) is 18.5 Å². The van der Waals surface area contributed by atoms with Gasteiger partial charge in [0, 0.05) is 13.7 Å². The average molecular weight is 563 g/mol. The van der Waals surface area contributed by atoms with Crippen LogP contribution in [0.1, 0.15) is 103 Å². The molecule has 0 fully saturated rings. The van der Waals surface area contributed by atoms with Gasteiger partial charge in [-0.3, -0.25) is 9.05 Å². The normalized spacial score (nSPS) is 15.0. The van der Waals surface area contributed by atoms with Crippen LogP contribution < -0.4 is 0 Å². The lowest BCUT2D eigenvalue weighted by Crippen LogP contribution is -2.37. The van der Waals surface area contributed by atoms with E-state index >= 15 is 0 Å². The zero-order valence-electron chi connectivity index (χ0n) is 25.4. The van der Waals surface area contributed by atoms with Gasteiger partial charge in [0.25, 0.3) is 0 Å². The fraction of sp³-hybridized carbons (Fsp3) is 0.867. The highest BCUT2D eigenvalue weighted by atomic mass is 31.2. The van der Waals surface area contributed by atoms with Gasteiger partial charge in [-0.2, -0.15) is 0 Å².